The lowest BCUT2D eigenvalue weighted by atomic mass is 9.81. The van der Waals surface area contributed by atoms with Crippen LogP contribution in [0.1, 0.15) is 52.9 Å². The lowest BCUT2D eigenvalue weighted by Gasteiger charge is -2.26. The van der Waals surface area contributed by atoms with Gasteiger partial charge in [0.05, 0.1) is 6.07 Å². The number of amides is 1. The van der Waals surface area contributed by atoms with Crippen molar-refractivity contribution < 1.29 is 4.79 Å². The van der Waals surface area contributed by atoms with E-state index >= 15 is 0 Å². The highest BCUT2D eigenvalue weighted by Gasteiger charge is 2.39. The first kappa shape index (κ1) is 13.0. The van der Waals surface area contributed by atoms with E-state index in [4.69, 9.17) is 5.26 Å². The summed E-state index contributed by atoms with van der Waals surface area (Å²) in [5.41, 5.74) is 0.0936. The highest BCUT2D eigenvalue weighted by molar-refractivity contribution is 5.80. The molecule has 0 aromatic heterocycles. The number of hydrogen-bond donors (Lipinski definition) is 1. The quantitative estimate of drug-likeness (QED) is 0.795. The predicted octanol–water partition coefficient (Wildman–Crippen LogP) is 2.62. The topological polar surface area (TPSA) is 52.9 Å². The van der Waals surface area contributed by atoms with Crippen molar-refractivity contribution in [1.29, 1.82) is 5.26 Å². The maximum absolute atomic E-state index is 12.0. The number of carbonyl (C=O) groups excluding carboxylic acids is 1. The molecule has 90 valence electrons. The fraction of sp³-hybridized carbons (Fsp3) is 0.846. The van der Waals surface area contributed by atoms with E-state index in [-0.39, 0.29) is 23.3 Å². The summed E-state index contributed by atoms with van der Waals surface area (Å²) in [4.78, 5) is 12.0. The SMILES string of the molecule is CCCC(C#N)NC(=O)C1CCCC1(C)C. The highest BCUT2D eigenvalue weighted by atomic mass is 16.2. The summed E-state index contributed by atoms with van der Waals surface area (Å²) in [5.74, 6) is 0.155. The minimum absolute atomic E-state index is 0.0718. The molecular weight excluding hydrogens is 200 g/mol. The smallest absolute Gasteiger partial charge is 0.224 e. The van der Waals surface area contributed by atoms with Gasteiger partial charge in [0.2, 0.25) is 5.91 Å². The zero-order chi connectivity index (χ0) is 12.2. The van der Waals surface area contributed by atoms with Crippen molar-refractivity contribution in [2.24, 2.45) is 11.3 Å². The second-order valence-corrected chi connectivity index (χ2v) is 5.41. The lowest BCUT2D eigenvalue weighted by molar-refractivity contribution is -0.128. The molecule has 1 N–H and O–H groups in total. The van der Waals surface area contributed by atoms with Gasteiger partial charge in [-0.25, -0.2) is 0 Å². The number of rotatable bonds is 4. The van der Waals surface area contributed by atoms with Gasteiger partial charge in [-0.2, -0.15) is 5.26 Å². The van der Waals surface area contributed by atoms with Gasteiger partial charge in [-0.15, -0.1) is 0 Å². The van der Waals surface area contributed by atoms with Crippen molar-refractivity contribution >= 4 is 5.91 Å². The summed E-state index contributed by atoms with van der Waals surface area (Å²) >= 11 is 0. The molecule has 0 aromatic carbocycles. The molecule has 16 heavy (non-hydrogen) atoms. The molecule has 3 heteroatoms. The van der Waals surface area contributed by atoms with Gasteiger partial charge in [-0.3, -0.25) is 4.79 Å². The Hall–Kier alpha value is -1.04. The first-order chi connectivity index (χ1) is 7.51. The maximum atomic E-state index is 12.0. The van der Waals surface area contributed by atoms with Crippen LogP contribution in [0.3, 0.4) is 0 Å². The Labute approximate surface area is 98.2 Å². The average molecular weight is 222 g/mol. The van der Waals surface area contributed by atoms with Gasteiger partial charge in [0, 0.05) is 5.92 Å². The molecular formula is C13H22N2O. The van der Waals surface area contributed by atoms with E-state index in [0.29, 0.717) is 0 Å². The Morgan fingerprint density at radius 3 is 2.75 bits per heavy atom. The summed E-state index contributed by atoms with van der Waals surface area (Å²) in [6, 6.07) is 1.84. The Morgan fingerprint density at radius 2 is 2.31 bits per heavy atom. The van der Waals surface area contributed by atoms with Crippen LogP contribution in [0.2, 0.25) is 0 Å². The first-order valence-electron chi connectivity index (χ1n) is 6.21. The van der Waals surface area contributed by atoms with Gasteiger partial charge in [0.1, 0.15) is 6.04 Å². The van der Waals surface area contributed by atoms with Crippen molar-refractivity contribution in [3.05, 3.63) is 0 Å². The monoisotopic (exact) mass is 222 g/mol. The maximum Gasteiger partial charge on any atom is 0.224 e. The molecule has 2 unspecified atom stereocenters. The van der Waals surface area contributed by atoms with E-state index in [1.807, 2.05) is 6.92 Å². The highest BCUT2D eigenvalue weighted by Crippen LogP contribution is 2.42. The normalized spacial score (nSPS) is 24.8. The minimum Gasteiger partial charge on any atom is -0.340 e. The zero-order valence-corrected chi connectivity index (χ0v) is 10.5. The van der Waals surface area contributed by atoms with Gasteiger partial charge in [0.15, 0.2) is 0 Å². The molecule has 1 amide bonds. The second kappa shape index (κ2) is 5.34. The van der Waals surface area contributed by atoms with Crippen LogP contribution >= 0.6 is 0 Å². The van der Waals surface area contributed by atoms with Crippen LogP contribution in [-0.4, -0.2) is 11.9 Å². The molecule has 0 bridgehead atoms. The Morgan fingerprint density at radius 1 is 1.62 bits per heavy atom. The fourth-order valence-corrected chi connectivity index (χ4v) is 2.54. The number of nitrogens with one attached hydrogen (secondary N) is 1. The molecule has 0 radical (unpaired) electrons. The van der Waals surface area contributed by atoms with Crippen LogP contribution in [-0.2, 0) is 4.79 Å². The van der Waals surface area contributed by atoms with Gasteiger partial charge in [0.25, 0.3) is 0 Å². The van der Waals surface area contributed by atoms with Crippen molar-refractivity contribution in [3.8, 4) is 6.07 Å². The average Bonchev–Trinajstić information content (AvgIpc) is 2.57. The van der Waals surface area contributed by atoms with E-state index in [2.05, 4.69) is 25.2 Å². The molecule has 1 aliphatic rings. The van der Waals surface area contributed by atoms with Gasteiger partial charge in [-0.05, 0) is 24.7 Å². The van der Waals surface area contributed by atoms with E-state index < -0.39 is 0 Å². The Balaban J connectivity index is 2.55. The second-order valence-electron chi connectivity index (χ2n) is 5.41. The van der Waals surface area contributed by atoms with Crippen LogP contribution in [0.25, 0.3) is 0 Å². The third kappa shape index (κ3) is 2.98. The van der Waals surface area contributed by atoms with Gasteiger partial charge in [-0.1, -0.05) is 33.6 Å². The third-order valence-corrected chi connectivity index (χ3v) is 3.62. The molecule has 0 aliphatic heterocycles. The van der Waals surface area contributed by atoms with Crippen LogP contribution in [0, 0.1) is 22.7 Å². The van der Waals surface area contributed by atoms with E-state index in [9.17, 15) is 4.79 Å². The van der Waals surface area contributed by atoms with Crippen molar-refractivity contribution in [2.45, 2.75) is 58.9 Å². The zero-order valence-electron chi connectivity index (χ0n) is 10.5. The van der Waals surface area contributed by atoms with Gasteiger partial charge >= 0.3 is 0 Å². The van der Waals surface area contributed by atoms with Crippen LogP contribution in [0.5, 0.6) is 0 Å². The van der Waals surface area contributed by atoms with Crippen molar-refractivity contribution in [2.75, 3.05) is 0 Å². The summed E-state index contributed by atoms with van der Waals surface area (Å²) in [6.45, 7) is 6.31. The fourth-order valence-electron chi connectivity index (χ4n) is 2.54. The molecule has 0 spiro atoms. The molecule has 0 aromatic rings. The van der Waals surface area contributed by atoms with E-state index in [1.54, 1.807) is 0 Å². The molecule has 1 rings (SSSR count). The largest absolute Gasteiger partial charge is 0.340 e. The van der Waals surface area contributed by atoms with Gasteiger partial charge < -0.3 is 5.32 Å². The minimum atomic E-state index is -0.311. The van der Waals surface area contributed by atoms with E-state index in [0.717, 1.165) is 32.1 Å². The van der Waals surface area contributed by atoms with Crippen LogP contribution < -0.4 is 5.32 Å². The number of carbonyl (C=O) groups is 1. The first-order valence-corrected chi connectivity index (χ1v) is 6.21. The summed E-state index contributed by atoms with van der Waals surface area (Å²) in [5, 5.41) is 11.8. The molecule has 2 atom stereocenters. The van der Waals surface area contributed by atoms with E-state index in [1.165, 1.54) is 0 Å². The Bertz CT molecular complexity index is 291. The number of nitriles is 1. The molecule has 0 heterocycles. The molecule has 1 fully saturated rings. The van der Waals surface area contributed by atoms with Crippen molar-refractivity contribution in [3.63, 3.8) is 0 Å². The molecule has 0 saturated heterocycles. The third-order valence-electron chi connectivity index (χ3n) is 3.62. The predicted molar refractivity (Wildman–Crippen MR) is 63.6 cm³/mol. The standard InChI is InChI=1S/C13H22N2O/c1-4-6-10(9-14)15-12(16)11-7-5-8-13(11,2)3/h10-11H,4-8H2,1-3H3,(H,15,16). The lowest BCUT2D eigenvalue weighted by Crippen LogP contribution is -2.41. The molecule has 3 nitrogen and oxygen atoms in total. The van der Waals surface area contributed by atoms with Crippen LogP contribution in [0.15, 0.2) is 0 Å². The summed E-state index contributed by atoms with van der Waals surface area (Å²) in [7, 11) is 0. The summed E-state index contributed by atoms with van der Waals surface area (Å²) in [6.07, 6.45) is 4.86. The molecule has 1 saturated carbocycles. The number of nitrogens with zero attached hydrogens (tertiary/aromatic N) is 1. The van der Waals surface area contributed by atoms with Crippen LogP contribution in [0.4, 0.5) is 0 Å². The number of hydrogen-bond acceptors (Lipinski definition) is 2. The molecule has 1 aliphatic carbocycles. The van der Waals surface area contributed by atoms with Crippen molar-refractivity contribution in [1.82, 2.24) is 5.32 Å². The Kier molecular flexibility index (Phi) is 4.35. The summed E-state index contributed by atoms with van der Waals surface area (Å²) < 4.78 is 0.